The summed E-state index contributed by atoms with van der Waals surface area (Å²) in [6.45, 7) is 2.94. The predicted octanol–water partition coefficient (Wildman–Crippen LogP) is 4.51. The van der Waals surface area contributed by atoms with Gasteiger partial charge in [-0.25, -0.2) is 18.6 Å². The van der Waals surface area contributed by atoms with Gasteiger partial charge in [-0.2, -0.15) is 13.2 Å². The van der Waals surface area contributed by atoms with E-state index in [1.54, 1.807) is 13.8 Å². The zero-order valence-electron chi connectivity index (χ0n) is 26.0. The number of nitrogens with zero attached hydrogens (tertiary/aromatic N) is 2. The first-order valence-electron chi connectivity index (χ1n) is 15.4. The average Bonchev–Trinajstić information content (AvgIpc) is 3.41. The van der Waals surface area contributed by atoms with Crippen LogP contribution in [-0.2, 0) is 50.7 Å². The Bertz CT molecular complexity index is 2210. The van der Waals surface area contributed by atoms with Crippen molar-refractivity contribution in [2.45, 2.75) is 70.5 Å². The van der Waals surface area contributed by atoms with Crippen molar-refractivity contribution in [3.63, 3.8) is 0 Å². The van der Waals surface area contributed by atoms with E-state index in [1.165, 1.54) is 28.1 Å². The van der Waals surface area contributed by atoms with Crippen LogP contribution in [0.3, 0.4) is 0 Å². The second-order valence-electron chi connectivity index (χ2n) is 12.4. The molecule has 7 rings (SSSR count). The fourth-order valence-electron chi connectivity index (χ4n) is 7.09. The molecular formula is C34H27F5N4O6. The molecule has 10 nitrogen and oxygen atoms in total. The normalized spacial score (nSPS) is 19.2. The zero-order chi connectivity index (χ0) is 35.2. The Morgan fingerprint density at radius 2 is 1.86 bits per heavy atom. The minimum absolute atomic E-state index is 0.0338. The van der Waals surface area contributed by atoms with Crippen molar-refractivity contribution in [1.29, 1.82) is 0 Å². The lowest BCUT2D eigenvalue weighted by molar-refractivity contribution is -0.172. The number of nitrogens with one attached hydrogen (secondary N) is 2. The molecule has 0 unspecified atom stereocenters. The van der Waals surface area contributed by atoms with Crippen LogP contribution in [0.5, 0.6) is 0 Å². The van der Waals surface area contributed by atoms with Gasteiger partial charge in [0.2, 0.25) is 5.91 Å². The van der Waals surface area contributed by atoms with Gasteiger partial charge in [0.15, 0.2) is 5.60 Å². The van der Waals surface area contributed by atoms with Crippen molar-refractivity contribution < 1.29 is 46.2 Å². The number of benzene rings is 2. The van der Waals surface area contributed by atoms with Crippen molar-refractivity contribution >= 4 is 34.4 Å². The second-order valence-corrected chi connectivity index (χ2v) is 12.4. The molecule has 0 radical (unpaired) electrons. The van der Waals surface area contributed by atoms with Crippen molar-refractivity contribution in [3.8, 4) is 11.4 Å². The van der Waals surface area contributed by atoms with Gasteiger partial charge in [0.05, 0.1) is 47.2 Å². The van der Waals surface area contributed by atoms with Gasteiger partial charge in [-0.05, 0) is 66.6 Å². The van der Waals surface area contributed by atoms with Crippen molar-refractivity contribution in [2.75, 3.05) is 5.32 Å². The molecule has 2 aliphatic heterocycles. The summed E-state index contributed by atoms with van der Waals surface area (Å²) in [5.74, 6) is -5.41. The van der Waals surface area contributed by atoms with Gasteiger partial charge in [-0.15, -0.1) is 0 Å². The smallest absolute Gasteiger partial charge is 0.458 e. The Kier molecular flexibility index (Phi) is 7.39. The quantitative estimate of drug-likeness (QED) is 0.183. The maximum absolute atomic E-state index is 15.2. The number of amides is 2. The van der Waals surface area contributed by atoms with E-state index < -0.39 is 58.5 Å². The molecule has 3 aliphatic rings. The third kappa shape index (κ3) is 5.05. The topological polar surface area (TPSA) is 140 Å². The van der Waals surface area contributed by atoms with Gasteiger partial charge >= 0.3 is 18.1 Å². The molecule has 1 aliphatic carbocycles. The number of hydrogen-bond donors (Lipinski definition) is 3. The summed E-state index contributed by atoms with van der Waals surface area (Å²) in [5.41, 5.74) is 0.382. The average molecular weight is 683 g/mol. The Morgan fingerprint density at radius 1 is 1.10 bits per heavy atom. The van der Waals surface area contributed by atoms with E-state index in [0.717, 1.165) is 12.1 Å². The molecule has 4 aromatic rings. The molecule has 0 saturated carbocycles. The standard InChI is InChI=1S/C34H27F5N4O6/c1-3-33(48)19-10-25-29-17(12-43(25)30(45)18(19)13-49-32(33)47)28-23(7-5-16-14(2)20(35)11-24(41-29)27(16)28)40-26(44)9-15-4-6-22(21(36)8-15)42-31(46)34(37,38)39/h4,6,8,10-11,23,48H,3,5,7,9,12-13H2,1-2H3,(H,40,44)(H,42,46)/t23-,33-/m0/s1. The van der Waals surface area contributed by atoms with E-state index in [2.05, 4.69) is 5.32 Å². The monoisotopic (exact) mass is 682 g/mol. The Hall–Kier alpha value is -5.18. The number of fused-ring (bicyclic) bond motifs is 5. The molecule has 2 amide bonds. The number of aromatic nitrogens is 2. The van der Waals surface area contributed by atoms with Gasteiger partial charge < -0.3 is 25.0 Å². The van der Waals surface area contributed by atoms with Gasteiger partial charge in [-0.3, -0.25) is 14.4 Å². The molecule has 0 fully saturated rings. The fraction of sp³-hybridized carbons (Fsp3) is 0.324. The molecule has 2 aromatic carbocycles. The van der Waals surface area contributed by atoms with Crippen LogP contribution in [0.2, 0.25) is 0 Å². The van der Waals surface area contributed by atoms with Gasteiger partial charge in [0.1, 0.15) is 18.2 Å². The number of hydrogen-bond acceptors (Lipinski definition) is 7. The molecule has 2 atom stereocenters. The first-order valence-corrected chi connectivity index (χ1v) is 15.4. The molecule has 0 saturated heterocycles. The number of ether oxygens (including phenoxy) is 1. The number of aliphatic hydroxyl groups is 1. The van der Waals surface area contributed by atoms with Crippen LogP contribution in [0.25, 0.3) is 22.3 Å². The minimum Gasteiger partial charge on any atom is -0.458 e. The second kappa shape index (κ2) is 11.2. The summed E-state index contributed by atoms with van der Waals surface area (Å²) in [4.78, 5) is 55.7. The van der Waals surface area contributed by atoms with E-state index >= 15 is 4.39 Å². The van der Waals surface area contributed by atoms with E-state index in [9.17, 15) is 41.8 Å². The highest BCUT2D eigenvalue weighted by molar-refractivity contribution is 5.95. The first-order chi connectivity index (χ1) is 23.1. The number of carbonyl (C=O) groups is 3. The third-order valence-corrected chi connectivity index (χ3v) is 9.62. The Morgan fingerprint density at radius 3 is 2.55 bits per heavy atom. The maximum atomic E-state index is 15.2. The number of cyclic esters (lactones) is 1. The number of alkyl halides is 3. The number of rotatable bonds is 5. The van der Waals surface area contributed by atoms with Crippen molar-refractivity contribution in [1.82, 2.24) is 14.9 Å². The fourth-order valence-corrected chi connectivity index (χ4v) is 7.09. The lowest BCUT2D eigenvalue weighted by Gasteiger charge is -2.31. The molecule has 15 heteroatoms. The van der Waals surface area contributed by atoms with Crippen molar-refractivity contribution in [2.24, 2.45) is 0 Å². The summed E-state index contributed by atoms with van der Waals surface area (Å²) in [5, 5.41) is 16.3. The lowest BCUT2D eigenvalue weighted by atomic mass is 9.81. The van der Waals surface area contributed by atoms with Crippen LogP contribution in [0, 0.1) is 18.6 Å². The van der Waals surface area contributed by atoms with Gasteiger partial charge in [0, 0.05) is 22.6 Å². The Balaban J connectivity index is 1.27. The van der Waals surface area contributed by atoms with Crippen LogP contribution in [0.1, 0.15) is 64.8 Å². The van der Waals surface area contributed by atoms with Crippen molar-refractivity contribution in [3.05, 3.63) is 91.3 Å². The molecule has 2 aromatic heterocycles. The van der Waals surface area contributed by atoms with Crippen LogP contribution >= 0.6 is 0 Å². The number of carbonyl (C=O) groups excluding carboxylic acids is 3. The largest absolute Gasteiger partial charge is 0.471 e. The zero-order valence-corrected chi connectivity index (χ0v) is 26.0. The summed E-state index contributed by atoms with van der Waals surface area (Å²) in [7, 11) is 0. The molecule has 254 valence electrons. The number of pyridine rings is 2. The molecule has 0 bridgehead atoms. The van der Waals surface area contributed by atoms with E-state index in [0.29, 0.717) is 51.9 Å². The summed E-state index contributed by atoms with van der Waals surface area (Å²) >= 11 is 0. The SMILES string of the molecule is CC[C@@]1(O)C(=O)OCc2c1cc1n(c2=O)Cc2c-1nc1cc(F)c(C)c3c1c2[C@@H](NC(=O)Cc1ccc(NC(=O)C(F)(F)F)c(F)c1)CC3. The molecule has 0 spiro atoms. The lowest BCUT2D eigenvalue weighted by Crippen LogP contribution is -2.44. The van der Waals surface area contributed by atoms with E-state index in [1.807, 2.05) is 0 Å². The summed E-state index contributed by atoms with van der Waals surface area (Å²) in [6.07, 6.45) is -4.91. The van der Waals surface area contributed by atoms with Gasteiger partial charge in [0.25, 0.3) is 5.56 Å². The highest BCUT2D eigenvalue weighted by Gasteiger charge is 2.46. The number of aryl methyl sites for hydroxylation is 1. The highest BCUT2D eigenvalue weighted by Crippen LogP contribution is 2.46. The molecular weight excluding hydrogens is 655 g/mol. The minimum atomic E-state index is -5.21. The first kappa shape index (κ1) is 32.4. The highest BCUT2D eigenvalue weighted by atomic mass is 19.4. The van der Waals surface area contributed by atoms with Crippen LogP contribution in [0.4, 0.5) is 27.6 Å². The summed E-state index contributed by atoms with van der Waals surface area (Å²) in [6, 6.07) is 5.17. The summed E-state index contributed by atoms with van der Waals surface area (Å²) < 4.78 is 74.2. The van der Waals surface area contributed by atoms with E-state index in [4.69, 9.17) is 9.72 Å². The number of anilines is 1. The van der Waals surface area contributed by atoms with Crippen LogP contribution in [0.15, 0.2) is 35.1 Å². The maximum Gasteiger partial charge on any atom is 0.471 e. The third-order valence-electron chi connectivity index (χ3n) is 9.62. The molecule has 4 heterocycles. The van der Waals surface area contributed by atoms with E-state index in [-0.39, 0.29) is 48.2 Å². The predicted molar refractivity (Wildman–Crippen MR) is 163 cm³/mol. The van der Waals surface area contributed by atoms with Crippen LogP contribution < -0.4 is 16.2 Å². The van der Waals surface area contributed by atoms with Gasteiger partial charge in [-0.1, -0.05) is 13.0 Å². The molecule has 49 heavy (non-hydrogen) atoms. The molecule has 3 N–H and O–H groups in total. The Labute approximate surface area is 273 Å². The van der Waals surface area contributed by atoms with Crippen LogP contribution in [-0.4, -0.2) is 38.6 Å². The number of esters is 1. The number of halogens is 5.